The summed E-state index contributed by atoms with van der Waals surface area (Å²) < 4.78 is 6.87. The predicted molar refractivity (Wildman–Crippen MR) is 101 cm³/mol. The summed E-state index contributed by atoms with van der Waals surface area (Å²) in [5, 5.41) is 14.4. The molecule has 2 aromatic rings. The minimum Gasteiger partial charge on any atom is -0.481 e. The Morgan fingerprint density at radius 1 is 1.25 bits per heavy atom. The number of aryl methyl sites for hydroxylation is 2. The van der Waals surface area contributed by atoms with Crippen molar-refractivity contribution >= 4 is 49.7 Å². The number of amides is 1. The molecule has 1 amide bonds. The molecule has 2 rings (SSSR count). The van der Waals surface area contributed by atoms with E-state index in [2.05, 4.69) is 42.3 Å². The Hall–Kier alpha value is -1.86. The highest BCUT2D eigenvalue weighted by Crippen LogP contribution is 2.34. The van der Waals surface area contributed by atoms with Gasteiger partial charge in [-0.2, -0.15) is 0 Å². The summed E-state index contributed by atoms with van der Waals surface area (Å²) in [5.74, 6) is 0.252. The third-order valence-electron chi connectivity index (χ3n) is 3.23. The van der Waals surface area contributed by atoms with Gasteiger partial charge in [0, 0.05) is 5.69 Å². The summed E-state index contributed by atoms with van der Waals surface area (Å²) in [6.07, 6.45) is 1.30. The summed E-state index contributed by atoms with van der Waals surface area (Å²) >= 11 is 6.75. The van der Waals surface area contributed by atoms with Gasteiger partial charge in [-0.15, -0.1) is 0 Å². The summed E-state index contributed by atoms with van der Waals surface area (Å²) in [4.78, 5) is 12.1. The molecule has 0 aliphatic heterocycles. The topological polar surface area (TPSA) is 70.9 Å². The molecule has 5 nitrogen and oxygen atoms in total. The van der Waals surface area contributed by atoms with E-state index in [1.165, 1.54) is 6.21 Å². The van der Waals surface area contributed by atoms with Crippen LogP contribution in [-0.2, 0) is 4.79 Å². The van der Waals surface area contributed by atoms with Crippen LogP contribution in [0.1, 0.15) is 16.7 Å². The van der Waals surface area contributed by atoms with Gasteiger partial charge in [-0.3, -0.25) is 4.79 Å². The van der Waals surface area contributed by atoms with Gasteiger partial charge in [-0.25, -0.2) is 0 Å². The van der Waals surface area contributed by atoms with Gasteiger partial charge in [-0.05, 0) is 75.0 Å². The molecule has 7 heteroatoms. The number of nitrogens with one attached hydrogen (secondary N) is 1. The van der Waals surface area contributed by atoms with E-state index in [-0.39, 0.29) is 12.5 Å². The lowest BCUT2D eigenvalue weighted by molar-refractivity contribution is -0.118. The van der Waals surface area contributed by atoms with E-state index in [0.29, 0.717) is 20.3 Å². The van der Waals surface area contributed by atoms with Gasteiger partial charge < -0.3 is 15.3 Å². The highest BCUT2D eigenvalue weighted by atomic mass is 79.9. The van der Waals surface area contributed by atoms with Crippen molar-refractivity contribution in [1.29, 1.82) is 0 Å². The summed E-state index contributed by atoms with van der Waals surface area (Å²) in [5.41, 5.74) is 3.59. The number of carbonyl (C=O) groups excluding carboxylic acids is 1. The quantitative estimate of drug-likeness (QED) is 0.391. The fourth-order valence-electron chi connectivity index (χ4n) is 2.14. The Morgan fingerprint density at radius 2 is 1.92 bits per heavy atom. The number of hydrogen-bond acceptors (Lipinski definition) is 4. The van der Waals surface area contributed by atoms with Crippen LogP contribution in [0, 0.1) is 13.8 Å². The molecule has 0 aliphatic carbocycles. The average molecular weight is 456 g/mol. The van der Waals surface area contributed by atoms with E-state index in [1.54, 1.807) is 12.1 Å². The van der Waals surface area contributed by atoms with Crippen LogP contribution in [0.5, 0.6) is 5.75 Å². The second kappa shape index (κ2) is 8.30. The van der Waals surface area contributed by atoms with Gasteiger partial charge in [0.15, 0.2) is 6.61 Å². The van der Waals surface area contributed by atoms with E-state index in [1.807, 2.05) is 32.0 Å². The first-order chi connectivity index (χ1) is 11.4. The van der Waals surface area contributed by atoms with Crippen LogP contribution >= 0.6 is 31.9 Å². The minimum atomic E-state index is -0.248. The number of hydrogen-bond donors (Lipinski definition) is 2. The van der Waals surface area contributed by atoms with Crippen LogP contribution in [0.3, 0.4) is 0 Å². The maximum absolute atomic E-state index is 12.1. The first kappa shape index (κ1) is 18.5. The Balaban J connectivity index is 2.04. The number of ether oxygens (including phenoxy) is 1. The van der Waals surface area contributed by atoms with Crippen LogP contribution < -0.4 is 10.1 Å². The van der Waals surface area contributed by atoms with E-state index in [0.717, 1.165) is 16.8 Å². The summed E-state index contributed by atoms with van der Waals surface area (Å²) in [7, 11) is 0. The van der Waals surface area contributed by atoms with E-state index < -0.39 is 0 Å². The van der Waals surface area contributed by atoms with E-state index in [9.17, 15) is 4.79 Å². The molecule has 0 spiro atoms. The van der Waals surface area contributed by atoms with Gasteiger partial charge in [0.25, 0.3) is 5.91 Å². The van der Waals surface area contributed by atoms with Crippen LogP contribution in [0.25, 0.3) is 0 Å². The van der Waals surface area contributed by atoms with Crippen LogP contribution in [0.15, 0.2) is 44.4 Å². The maximum atomic E-state index is 12.1. The lowest BCUT2D eigenvalue weighted by Gasteiger charge is -2.12. The smallest absolute Gasteiger partial charge is 0.262 e. The molecule has 0 bridgehead atoms. The molecule has 0 unspecified atom stereocenters. The standard InChI is InChI=1S/C17H16Br2N2O3/c1-10-3-4-15(11(2)5-10)21-16(22)9-24-17-13(18)6-12(8-20-23)7-14(17)19/h3-8,23H,9H2,1-2H3,(H,21,22)/b20-8+. The number of benzene rings is 2. The van der Waals surface area contributed by atoms with Gasteiger partial charge in [-0.1, -0.05) is 22.9 Å². The monoisotopic (exact) mass is 454 g/mol. The largest absolute Gasteiger partial charge is 0.481 e. The Bertz CT molecular complexity index is 768. The second-order valence-corrected chi connectivity index (χ2v) is 6.92. The number of anilines is 1. The Kier molecular flexibility index (Phi) is 6.39. The first-order valence-electron chi connectivity index (χ1n) is 7.07. The number of halogens is 2. The Morgan fingerprint density at radius 3 is 2.50 bits per heavy atom. The van der Waals surface area contributed by atoms with Crippen LogP contribution in [0.2, 0.25) is 0 Å². The molecule has 126 valence electrons. The zero-order valence-electron chi connectivity index (χ0n) is 13.1. The van der Waals surface area contributed by atoms with Crippen molar-refractivity contribution in [1.82, 2.24) is 0 Å². The normalized spacial score (nSPS) is 10.8. The molecule has 0 aliphatic rings. The van der Waals surface area contributed by atoms with Crippen LogP contribution in [-0.4, -0.2) is 23.9 Å². The first-order valence-corrected chi connectivity index (χ1v) is 8.65. The van der Waals surface area contributed by atoms with Crippen molar-refractivity contribution < 1.29 is 14.7 Å². The zero-order valence-corrected chi connectivity index (χ0v) is 16.3. The molecule has 0 heterocycles. The highest BCUT2D eigenvalue weighted by molar-refractivity contribution is 9.11. The van der Waals surface area contributed by atoms with E-state index in [4.69, 9.17) is 9.94 Å². The molecule has 0 atom stereocenters. The highest BCUT2D eigenvalue weighted by Gasteiger charge is 2.12. The average Bonchev–Trinajstić information content (AvgIpc) is 2.49. The molecule has 0 saturated heterocycles. The number of oxime groups is 1. The summed E-state index contributed by atoms with van der Waals surface area (Å²) in [6, 6.07) is 9.27. The minimum absolute atomic E-state index is 0.127. The number of carbonyl (C=O) groups is 1. The third-order valence-corrected chi connectivity index (χ3v) is 4.41. The van der Waals surface area contributed by atoms with Gasteiger partial charge in [0.05, 0.1) is 15.2 Å². The molecule has 0 fully saturated rings. The van der Waals surface area contributed by atoms with Gasteiger partial charge in [0.1, 0.15) is 5.75 Å². The van der Waals surface area contributed by atoms with Crippen LogP contribution in [0.4, 0.5) is 5.69 Å². The van der Waals surface area contributed by atoms with Crippen molar-refractivity contribution in [3.8, 4) is 5.75 Å². The van der Waals surface area contributed by atoms with Crippen molar-refractivity contribution in [2.24, 2.45) is 5.16 Å². The Labute approximate surface area is 157 Å². The maximum Gasteiger partial charge on any atom is 0.262 e. The molecule has 2 N–H and O–H groups in total. The molecule has 0 aromatic heterocycles. The lowest BCUT2D eigenvalue weighted by Crippen LogP contribution is -2.21. The SMILES string of the molecule is Cc1ccc(NC(=O)COc2c(Br)cc(/C=N/O)cc2Br)c(C)c1. The molecule has 24 heavy (non-hydrogen) atoms. The zero-order chi connectivity index (χ0) is 17.7. The van der Waals surface area contributed by atoms with Crippen molar-refractivity contribution in [3.63, 3.8) is 0 Å². The molecular formula is C17H16Br2N2O3. The van der Waals surface area contributed by atoms with Gasteiger partial charge in [0.2, 0.25) is 0 Å². The molecule has 0 saturated carbocycles. The fraction of sp³-hybridized carbons (Fsp3) is 0.176. The predicted octanol–water partition coefficient (Wildman–Crippen LogP) is 4.65. The second-order valence-electron chi connectivity index (χ2n) is 5.21. The lowest BCUT2D eigenvalue weighted by atomic mass is 10.1. The molecule has 0 radical (unpaired) electrons. The third kappa shape index (κ3) is 4.82. The fourth-order valence-corrected chi connectivity index (χ4v) is 3.59. The van der Waals surface area contributed by atoms with E-state index >= 15 is 0 Å². The molecular weight excluding hydrogens is 440 g/mol. The number of rotatable bonds is 5. The number of nitrogens with zero attached hydrogens (tertiary/aromatic N) is 1. The van der Waals surface area contributed by atoms with Crippen molar-refractivity contribution in [2.45, 2.75) is 13.8 Å². The van der Waals surface area contributed by atoms with Crippen molar-refractivity contribution in [2.75, 3.05) is 11.9 Å². The van der Waals surface area contributed by atoms with Gasteiger partial charge >= 0.3 is 0 Å². The summed E-state index contributed by atoms with van der Waals surface area (Å²) in [6.45, 7) is 3.82. The molecule has 2 aromatic carbocycles. The van der Waals surface area contributed by atoms with Crippen molar-refractivity contribution in [3.05, 3.63) is 56.0 Å².